The summed E-state index contributed by atoms with van der Waals surface area (Å²) in [6, 6.07) is 0. The number of aromatic nitrogens is 4. The van der Waals surface area contributed by atoms with Crippen molar-refractivity contribution in [1.82, 2.24) is 19.7 Å². The normalized spacial score (nSPS) is 10.4. The molecule has 2 aromatic heterocycles. The van der Waals surface area contributed by atoms with Crippen LogP contribution in [0.25, 0.3) is 0 Å². The van der Waals surface area contributed by atoms with E-state index < -0.39 is 4.92 Å². The van der Waals surface area contributed by atoms with Gasteiger partial charge in [-0.2, -0.15) is 4.68 Å². The van der Waals surface area contributed by atoms with Crippen molar-refractivity contribution in [2.45, 2.75) is 13.5 Å². The third-order valence-electron chi connectivity index (χ3n) is 2.14. The van der Waals surface area contributed by atoms with Crippen LogP contribution in [0.15, 0.2) is 18.6 Å². The van der Waals surface area contributed by atoms with Crippen LogP contribution in [0.2, 0.25) is 0 Å². The fourth-order valence-electron chi connectivity index (χ4n) is 1.38. The molecule has 0 aromatic carbocycles. The second kappa shape index (κ2) is 4.16. The number of nitrogens with zero attached hydrogens (tertiary/aromatic N) is 5. The second-order valence-electron chi connectivity index (χ2n) is 3.52. The fourth-order valence-corrected chi connectivity index (χ4v) is 1.38. The molecule has 0 saturated heterocycles. The van der Waals surface area contributed by atoms with Crippen LogP contribution in [-0.2, 0) is 6.54 Å². The number of hydrogen-bond acceptors (Lipinski definition) is 6. The summed E-state index contributed by atoms with van der Waals surface area (Å²) in [7, 11) is 0. The van der Waals surface area contributed by atoms with Gasteiger partial charge in [0.25, 0.3) is 0 Å². The van der Waals surface area contributed by atoms with E-state index >= 15 is 0 Å². The van der Waals surface area contributed by atoms with Crippen molar-refractivity contribution in [2.75, 3.05) is 5.73 Å². The minimum Gasteiger partial charge on any atom is -0.382 e. The molecule has 0 bridgehead atoms. The molecule has 0 amide bonds. The second-order valence-corrected chi connectivity index (χ2v) is 3.52. The first-order chi connectivity index (χ1) is 8.06. The zero-order valence-corrected chi connectivity index (χ0v) is 9.07. The highest BCUT2D eigenvalue weighted by Gasteiger charge is 2.17. The van der Waals surface area contributed by atoms with E-state index in [0.29, 0.717) is 23.6 Å². The summed E-state index contributed by atoms with van der Waals surface area (Å²) >= 11 is 0. The van der Waals surface area contributed by atoms with E-state index in [2.05, 4.69) is 15.1 Å². The van der Waals surface area contributed by atoms with Crippen molar-refractivity contribution in [2.24, 2.45) is 0 Å². The van der Waals surface area contributed by atoms with E-state index in [9.17, 15) is 10.1 Å². The average molecular weight is 234 g/mol. The topological polar surface area (TPSA) is 113 Å². The van der Waals surface area contributed by atoms with E-state index in [1.165, 1.54) is 17.1 Å². The summed E-state index contributed by atoms with van der Waals surface area (Å²) in [6.07, 6.45) is 4.54. The molecule has 0 unspecified atom stereocenters. The SMILES string of the molecule is Cc1cn(Cc2cnc(N)cn2)nc1[N+](=O)[O-]. The van der Waals surface area contributed by atoms with E-state index in [-0.39, 0.29) is 5.82 Å². The predicted octanol–water partition coefficient (Wildman–Crippen LogP) is 0.520. The fraction of sp³-hybridized carbons (Fsp3) is 0.222. The number of nitro groups is 1. The molecule has 0 aliphatic rings. The predicted molar refractivity (Wildman–Crippen MR) is 59.2 cm³/mol. The lowest BCUT2D eigenvalue weighted by Crippen LogP contribution is -2.04. The summed E-state index contributed by atoms with van der Waals surface area (Å²) in [5.41, 5.74) is 6.55. The zero-order chi connectivity index (χ0) is 12.4. The van der Waals surface area contributed by atoms with E-state index in [1.807, 2.05) is 0 Å². The number of nitrogen functional groups attached to an aromatic ring is 1. The summed E-state index contributed by atoms with van der Waals surface area (Å²) < 4.78 is 1.45. The molecule has 2 aromatic rings. The third-order valence-corrected chi connectivity index (χ3v) is 2.14. The summed E-state index contributed by atoms with van der Waals surface area (Å²) in [5.74, 6) is 0.185. The van der Waals surface area contributed by atoms with Gasteiger partial charge in [-0.25, -0.2) is 4.98 Å². The number of nitrogens with two attached hydrogens (primary N) is 1. The van der Waals surface area contributed by atoms with Gasteiger partial charge in [-0.05, 0) is 11.8 Å². The average Bonchev–Trinajstić information content (AvgIpc) is 2.63. The molecule has 8 heteroatoms. The maximum atomic E-state index is 10.6. The molecule has 2 heterocycles. The smallest absolute Gasteiger partial charge is 0.382 e. The van der Waals surface area contributed by atoms with Crippen LogP contribution >= 0.6 is 0 Å². The van der Waals surface area contributed by atoms with Gasteiger partial charge in [0.2, 0.25) is 0 Å². The molecule has 0 saturated carbocycles. The molecule has 8 nitrogen and oxygen atoms in total. The highest BCUT2D eigenvalue weighted by atomic mass is 16.6. The van der Waals surface area contributed by atoms with Crippen LogP contribution in [0.1, 0.15) is 11.3 Å². The van der Waals surface area contributed by atoms with Crippen molar-refractivity contribution in [3.8, 4) is 0 Å². The Morgan fingerprint density at radius 3 is 2.76 bits per heavy atom. The first-order valence-electron chi connectivity index (χ1n) is 4.81. The van der Waals surface area contributed by atoms with Gasteiger partial charge in [0.05, 0.1) is 34.9 Å². The summed E-state index contributed by atoms with van der Waals surface area (Å²) in [6.45, 7) is 1.96. The Kier molecular flexibility index (Phi) is 2.69. The number of anilines is 1. The van der Waals surface area contributed by atoms with E-state index in [0.717, 1.165) is 0 Å². The van der Waals surface area contributed by atoms with Gasteiger partial charge in [0.15, 0.2) is 0 Å². The lowest BCUT2D eigenvalue weighted by atomic mass is 10.4. The highest BCUT2D eigenvalue weighted by molar-refractivity contribution is 5.28. The first kappa shape index (κ1) is 11.0. The Morgan fingerprint density at radius 1 is 1.47 bits per heavy atom. The quantitative estimate of drug-likeness (QED) is 0.611. The molecule has 88 valence electrons. The molecule has 0 atom stereocenters. The van der Waals surface area contributed by atoms with Gasteiger partial charge >= 0.3 is 5.82 Å². The third kappa shape index (κ3) is 2.36. The largest absolute Gasteiger partial charge is 0.392 e. The number of rotatable bonds is 3. The minimum atomic E-state index is -0.513. The molecule has 0 aliphatic carbocycles. The molecule has 0 radical (unpaired) electrons. The Hall–Kier alpha value is -2.51. The van der Waals surface area contributed by atoms with Gasteiger partial charge in [0, 0.05) is 0 Å². The molecule has 2 rings (SSSR count). The van der Waals surface area contributed by atoms with Gasteiger partial charge in [0.1, 0.15) is 12.4 Å². The maximum absolute atomic E-state index is 10.6. The van der Waals surface area contributed by atoms with E-state index in [4.69, 9.17) is 5.73 Å². The van der Waals surface area contributed by atoms with Crippen molar-refractivity contribution >= 4 is 11.6 Å². The van der Waals surface area contributed by atoms with Crippen LogP contribution in [0.4, 0.5) is 11.6 Å². The van der Waals surface area contributed by atoms with Gasteiger partial charge in [-0.3, -0.25) is 4.98 Å². The monoisotopic (exact) mass is 234 g/mol. The van der Waals surface area contributed by atoms with Gasteiger partial charge in [-0.15, -0.1) is 0 Å². The van der Waals surface area contributed by atoms with Crippen LogP contribution < -0.4 is 5.73 Å². The minimum absolute atomic E-state index is 0.145. The van der Waals surface area contributed by atoms with Crippen molar-refractivity contribution in [1.29, 1.82) is 0 Å². The van der Waals surface area contributed by atoms with Crippen LogP contribution in [0.5, 0.6) is 0 Å². The Labute approximate surface area is 96.3 Å². The Morgan fingerprint density at radius 2 is 2.24 bits per heavy atom. The number of hydrogen-bond donors (Lipinski definition) is 1. The molecular weight excluding hydrogens is 224 g/mol. The Bertz CT molecular complexity index is 547. The molecular formula is C9H10N6O2. The van der Waals surface area contributed by atoms with Gasteiger partial charge in [-0.1, -0.05) is 0 Å². The Balaban J connectivity index is 2.22. The highest BCUT2D eigenvalue weighted by Crippen LogP contribution is 2.14. The van der Waals surface area contributed by atoms with Crippen LogP contribution in [0, 0.1) is 17.0 Å². The molecule has 0 spiro atoms. The van der Waals surface area contributed by atoms with Crippen molar-refractivity contribution < 1.29 is 4.92 Å². The van der Waals surface area contributed by atoms with E-state index in [1.54, 1.807) is 13.1 Å². The number of aryl methyl sites for hydroxylation is 1. The van der Waals surface area contributed by atoms with Crippen molar-refractivity contribution in [3.63, 3.8) is 0 Å². The lowest BCUT2D eigenvalue weighted by Gasteiger charge is -1.97. The summed E-state index contributed by atoms with van der Waals surface area (Å²) in [4.78, 5) is 18.0. The molecule has 0 fully saturated rings. The van der Waals surface area contributed by atoms with Crippen LogP contribution in [0.3, 0.4) is 0 Å². The lowest BCUT2D eigenvalue weighted by molar-refractivity contribution is -0.390. The summed E-state index contributed by atoms with van der Waals surface area (Å²) in [5, 5.41) is 14.5. The zero-order valence-electron chi connectivity index (χ0n) is 9.07. The standard InChI is InChI=1S/C9H10N6O2/c1-6-4-14(13-9(6)15(16)17)5-7-2-12-8(10)3-11-7/h2-4H,5H2,1H3,(H2,10,12). The molecule has 2 N–H and O–H groups in total. The first-order valence-corrected chi connectivity index (χ1v) is 4.81. The van der Waals surface area contributed by atoms with Gasteiger partial charge < -0.3 is 15.8 Å². The molecule has 17 heavy (non-hydrogen) atoms. The van der Waals surface area contributed by atoms with Crippen molar-refractivity contribution in [3.05, 3.63) is 40.0 Å². The molecule has 0 aliphatic heterocycles. The van der Waals surface area contributed by atoms with Crippen LogP contribution in [-0.4, -0.2) is 24.7 Å². The maximum Gasteiger partial charge on any atom is 0.392 e.